The lowest BCUT2D eigenvalue weighted by molar-refractivity contribution is -0.0941. The molecule has 0 saturated carbocycles. The van der Waals surface area contributed by atoms with Crippen LogP contribution in [0.5, 0.6) is 0 Å². The van der Waals surface area contributed by atoms with Crippen molar-refractivity contribution in [1.82, 2.24) is 15.5 Å². The third-order valence-electron chi connectivity index (χ3n) is 2.78. The molecule has 0 aliphatic carbocycles. The average molecular weight is 257 g/mol. The van der Waals surface area contributed by atoms with E-state index in [-0.39, 0.29) is 12.1 Å². The van der Waals surface area contributed by atoms with E-state index < -0.39 is 0 Å². The maximum Gasteiger partial charge on any atom is 0.228 e. The number of nitrogens with zero attached hydrogens (tertiary/aromatic N) is 2. The summed E-state index contributed by atoms with van der Waals surface area (Å²) in [5.41, 5.74) is 0. The Hall–Kier alpha value is -1.02. The highest BCUT2D eigenvalue weighted by Gasteiger charge is 2.23. The predicted octanol–water partition coefficient (Wildman–Crippen LogP) is -0.0656. The van der Waals surface area contributed by atoms with Crippen LogP contribution in [0.4, 0.5) is 0 Å². The summed E-state index contributed by atoms with van der Waals surface area (Å²) in [4.78, 5) is 4.33. The van der Waals surface area contributed by atoms with Crippen molar-refractivity contribution in [2.24, 2.45) is 0 Å². The van der Waals surface area contributed by atoms with Gasteiger partial charge in [-0.15, -0.1) is 0 Å². The first-order chi connectivity index (χ1) is 8.83. The first kappa shape index (κ1) is 13.4. The van der Waals surface area contributed by atoms with Crippen molar-refractivity contribution in [3.05, 3.63) is 11.7 Å². The number of methoxy groups -OCH3 is 1. The first-order valence-electron chi connectivity index (χ1n) is 6.01. The minimum atomic E-state index is -0.216. The molecule has 2 rings (SSSR count). The largest absolute Gasteiger partial charge is 0.383 e. The Kier molecular flexibility index (Phi) is 5.06. The molecule has 1 aromatic heterocycles. The maximum atomic E-state index is 5.51. The zero-order valence-corrected chi connectivity index (χ0v) is 10.7. The summed E-state index contributed by atoms with van der Waals surface area (Å²) in [6, 6.07) is 0.159. The fourth-order valence-corrected chi connectivity index (χ4v) is 1.77. The molecular formula is C11H19N3O4. The highest BCUT2D eigenvalue weighted by atomic mass is 16.6. The van der Waals surface area contributed by atoms with E-state index in [0.29, 0.717) is 44.6 Å². The number of likely N-dealkylation sites (N-methyl/N-ethyl adjacent to an activating group) is 1. The lowest BCUT2D eigenvalue weighted by atomic mass is 10.2. The van der Waals surface area contributed by atoms with Crippen LogP contribution in [0.15, 0.2) is 4.52 Å². The summed E-state index contributed by atoms with van der Waals surface area (Å²) >= 11 is 0. The molecule has 7 heteroatoms. The second-order valence-corrected chi connectivity index (χ2v) is 4.13. The van der Waals surface area contributed by atoms with Gasteiger partial charge in [-0.05, 0) is 7.05 Å². The van der Waals surface area contributed by atoms with E-state index in [1.54, 1.807) is 7.11 Å². The van der Waals surface area contributed by atoms with E-state index in [9.17, 15) is 0 Å². The van der Waals surface area contributed by atoms with Gasteiger partial charge >= 0.3 is 0 Å². The van der Waals surface area contributed by atoms with Gasteiger partial charge in [0.1, 0.15) is 6.10 Å². The van der Waals surface area contributed by atoms with Crippen molar-refractivity contribution in [3.63, 3.8) is 0 Å². The van der Waals surface area contributed by atoms with E-state index in [4.69, 9.17) is 18.7 Å². The van der Waals surface area contributed by atoms with Crippen LogP contribution in [0.3, 0.4) is 0 Å². The molecule has 1 N–H and O–H groups in total. The second-order valence-electron chi connectivity index (χ2n) is 4.13. The number of aromatic nitrogens is 2. The minimum absolute atomic E-state index is 0.159. The van der Waals surface area contributed by atoms with Gasteiger partial charge in [0.15, 0.2) is 0 Å². The molecule has 0 aromatic carbocycles. The number of nitrogens with one attached hydrogen (secondary N) is 1. The normalized spacial score (nSPS) is 22.0. The summed E-state index contributed by atoms with van der Waals surface area (Å²) in [6.45, 7) is 2.26. The topological polar surface area (TPSA) is 78.6 Å². The number of ether oxygens (including phenoxy) is 3. The molecule has 0 spiro atoms. The Morgan fingerprint density at radius 2 is 2.39 bits per heavy atom. The smallest absolute Gasteiger partial charge is 0.228 e. The van der Waals surface area contributed by atoms with Gasteiger partial charge in [0.25, 0.3) is 0 Å². The van der Waals surface area contributed by atoms with Gasteiger partial charge in [-0.25, -0.2) is 0 Å². The van der Waals surface area contributed by atoms with E-state index in [0.717, 1.165) is 0 Å². The van der Waals surface area contributed by atoms with Gasteiger partial charge in [0.05, 0.1) is 26.4 Å². The maximum absolute atomic E-state index is 5.51. The van der Waals surface area contributed by atoms with Crippen LogP contribution in [0.2, 0.25) is 0 Å². The van der Waals surface area contributed by atoms with Crippen molar-refractivity contribution in [2.75, 3.05) is 40.6 Å². The Morgan fingerprint density at radius 1 is 1.50 bits per heavy atom. The highest BCUT2D eigenvalue weighted by Crippen LogP contribution is 2.17. The standard InChI is InChI=1S/C11H19N3O4/c1-12-8(6-15-2)5-10-13-11(14-18-10)9-7-16-3-4-17-9/h8-9,12H,3-7H2,1-2H3. The van der Waals surface area contributed by atoms with Gasteiger partial charge in [-0.2, -0.15) is 4.98 Å². The first-order valence-corrected chi connectivity index (χ1v) is 6.01. The van der Waals surface area contributed by atoms with Crippen LogP contribution >= 0.6 is 0 Å². The van der Waals surface area contributed by atoms with Crippen LogP contribution in [0.25, 0.3) is 0 Å². The van der Waals surface area contributed by atoms with Crippen LogP contribution in [-0.4, -0.2) is 56.8 Å². The molecule has 2 atom stereocenters. The fourth-order valence-electron chi connectivity index (χ4n) is 1.77. The zero-order chi connectivity index (χ0) is 12.8. The molecule has 1 aliphatic heterocycles. The van der Waals surface area contributed by atoms with Gasteiger partial charge in [0.2, 0.25) is 11.7 Å². The Balaban J connectivity index is 1.92. The van der Waals surface area contributed by atoms with Crippen molar-refractivity contribution in [2.45, 2.75) is 18.6 Å². The SMILES string of the molecule is CNC(COC)Cc1nc(C2COCCO2)no1. The Bertz CT molecular complexity index is 352. The lowest BCUT2D eigenvalue weighted by Crippen LogP contribution is -2.32. The lowest BCUT2D eigenvalue weighted by Gasteiger charge is -2.19. The Labute approximate surface area is 106 Å². The van der Waals surface area contributed by atoms with Crippen molar-refractivity contribution < 1.29 is 18.7 Å². The molecule has 0 bridgehead atoms. The summed E-state index contributed by atoms with van der Waals surface area (Å²) in [5.74, 6) is 1.13. The van der Waals surface area contributed by atoms with E-state index in [1.165, 1.54) is 0 Å². The van der Waals surface area contributed by atoms with Crippen molar-refractivity contribution in [1.29, 1.82) is 0 Å². The molecule has 102 valence electrons. The molecule has 0 radical (unpaired) electrons. The van der Waals surface area contributed by atoms with E-state index >= 15 is 0 Å². The van der Waals surface area contributed by atoms with Gasteiger partial charge in [-0.3, -0.25) is 0 Å². The van der Waals surface area contributed by atoms with Crippen LogP contribution in [0, 0.1) is 0 Å². The van der Waals surface area contributed by atoms with Gasteiger partial charge in [0, 0.05) is 19.6 Å². The summed E-state index contributed by atoms with van der Waals surface area (Å²) in [5, 5.41) is 7.06. The van der Waals surface area contributed by atoms with Crippen LogP contribution in [0.1, 0.15) is 17.8 Å². The zero-order valence-electron chi connectivity index (χ0n) is 10.7. The molecule has 1 fully saturated rings. The minimum Gasteiger partial charge on any atom is -0.383 e. The predicted molar refractivity (Wildman–Crippen MR) is 62.2 cm³/mol. The summed E-state index contributed by atoms with van der Waals surface area (Å²) in [7, 11) is 3.54. The van der Waals surface area contributed by atoms with Crippen molar-refractivity contribution >= 4 is 0 Å². The molecule has 1 aliphatic rings. The molecule has 2 unspecified atom stereocenters. The molecular weight excluding hydrogens is 238 g/mol. The second kappa shape index (κ2) is 6.79. The third-order valence-corrected chi connectivity index (χ3v) is 2.78. The molecule has 18 heavy (non-hydrogen) atoms. The summed E-state index contributed by atoms with van der Waals surface area (Å²) in [6.07, 6.45) is 0.414. The number of rotatable bonds is 6. The van der Waals surface area contributed by atoms with E-state index in [2.05, 4.69) is 15.5 Å². The molecule has 2 heterocycles. The molecule has 0 amide bonds. The average Bonchev–Trinajstić information content (AvgIpc) is 2.88. The summed E-state index contributed by atoms with van der Waals surface area (Å²) < 4.78 is 21.1. The molecule has 7 nitrogen and oxygen atoms in total. The van der Waals surface area contributed by atoms with Gasteiger partial charge in [-0.1, -0.05) is 5.16 Å². The van der Waals surface area contributed by atoms with Crippen LogP contribution < -0.4 is 5.32 Å². The quantitative estimate of drug-likeness (QED) is 0.764. The molecule has 1 aromatic rings. The van der Waals surface area contributed by atoms with E-state index in [1.807, 2.05) is 7.05 Å². The number of hydrogen-bond acceptors (Lipinski definition) is 7. The fraction of sp³-hybridized carbons (Fsp3) is 0.818. The number of hydrogen-bond donors (Lipinski definition) is 1. The van der Waals surface area contributed by atoms with Gasteiger partial charge < -0.3 is 24.1 Å². The highest BCUT2D eigenvalue weighted by molar-refractivity contribution is 4.94. The third kappa shape index (κ3) is 3.49. The van der Waals surface area contributed by atoms with Crippen molar-refractivity contribution in [3.8, 4) is 0 Å². The van der Waals surface area contributed by atoms with Crippen LogP contribution in [-0.2, 0) is 20.6 Å². The Morgan fingerprint density at radius 3 is 3.06 bits per heavy atom. The molecule has 1 saturated heterocycles. The monoisotopic (exact) mass is 257 g/mol.